The highest BCUT2D eigenvalue weighted by atomic mass is 32.2. The van der Waals surface area contributed by atoms with E-state index < -0.39 is 0 Å². The van der Waals surface area contributed by atoms with E-state index in [1.807, 2.05) is 32.3 Å². The molecule has 0 atom stereocenters. The number of hydrogen-bond acceptors (Lipinski definition) is 4. The first-order valence-corrected chi connectivity index (χ1v) is 6.80. The van der Waals surface area contributed by atoms with Crippen LogP contribution in [-0.4, -0.2) is 21.4 Å². The number of carbonyl (C=O) groups is 1. The van der Waals surface area contributed by atoms with Gasteiger partial charge < -0.3 is 11.1 Å². The molecule has 2 rings (SSSR count). The molecular formula is C13H16N4OS. The topological polar surface area (TPSA) is 72.9 Å². The van der Waals surface area contributed by atoms with Crippen LogP contribution in [0.25, 0.3) is 0 Å². The number of anilines is 2. The Labute approximate surface area is 116 Å². The van der Waals surface area contributed by atoms with Crippen LogP contribution in [0.3, 0.4) is 0 Å². The van der Waals surface area contributed by atoms with Crippen molar-refractivity contribution in [3.63, 3.8) is 0 Å². The van der Waals surface area contributed by atoms with Gasteiger partial charge in [-0.05, 0) is 24.6 Å². The fourth-order valence-electron chi connectivity index (χ4n) is 1.58. The van der Waals surface area contributed by atoms with E-state index in [9.17, 15) is 4.79 Å². The number of rotatable bonds is 4. The SMILES string of the molecule is Cc1ccc(N)cc1NC(=O)CSc1cnn(C)c1. The van der Waals surface area contributed by atoms with Crippen LogP contribution in [0, 0.1) is 6.92 Å². The van der Waals surface area contributed by atoms with Crippen LogP contribution >= 0.6 is 11.8 Å². The van der Waals surface area contributed by atoms with Crippen LogP contribution in [0.2, 0.25) is 0 Å². The van der Waals surface area contributed by atoms with Crippen molar-refractivity contribution in [3.8, 4) is 0 Å². The number of aromatic nitrogens is 2. The van der Waals surface area contributed by atoms with Crippen molar-refractivity contribution in [2.24, 2.45) is 7.05 Å². The number of thioether (sulfide) groups is 1. The average molecular weight is 276 g/mol. The number of nitrogens with two attached hydrogens (primary N) is 1. The molecule has 0 saturated carbocycles. The summed E-state index contributed by atoms with van der Waals surface area (Å²) >= 11 is 1.45. The van der Waals surface area contributed by atoms with Crippen LogP contribution in [0.1, 0.15) is 5.56 Å². The number of nitrogen functional groups attached to an aromatic ring is 1. The van der Waals surface area contributed by atoms with Gasteiger partial charge in [0.05, 0.1) is 11.9 Å². The minimum absolute atomic E-state index is 0.0532. The highest BCUT2D eigenvalue weighted by Gasteiger charge is 2.07. The summed E-state index contributed by atoms with van der Waals surface area (Å²) in [5.41, 5.74) is 8.10. The third-order valence-electron chi connectivity index (χ3n) is 2.59. The molecule has 1 aromatic carbocycles. The van der Waals surface area contributed by atoms with Crippen molar-refractivity contribution in [3.05, 3.63) is 36.2 Å². The minimum Gasteiger partial charge on any atom is -0.399 e. The summed E-state index contributed by atoms with van der Waals surface area (Å²) in [6.45, 7) is 1.93. The van der Waals surface area contributed by atoms with Crippen molar-refractivity contribution in [1.29, 1.82) is 0 Å². The molecular weight excluding hydrogens is 260 g/mol. The molecule has 1 amide bonds. The van der Waals surface area contributed by atoms with Gasteiger partial charge in [0.15, 0.2) is 0 Å². The Morgan fingerprint density at radius 1 is 1.53 bits per heavy atom. The average Bonchev–Trinajstić information content (AvgIpc) is 2.77. The fourth-order valence-corrected chi connectivity index (χ4v) is 2.30. The molecule has 0 aliphatic carbocycles. The third kappa shape index (κ3) is 3.75. The number of aryl methyl sites for hydroxylation is 2. The normalized spacial score (nSPS) is 10.4. The van der Waals surface area contributed by atoms with Gasteiger partial charge in [0, 0.05) is 29.5 Å². The van der Waals surface area contributed by atoms with E-state index in [2.05, 4.69) is 10.4 Å². The number of nitrogens with one attached hydrogen (secondary N) is 1. The first-order chi connectivity index (χ1) is 9.04. The molecule has 100 valence electrons. The Kier molecular flexibility index (Phi) is 4.11. The number of hydrogen-bond donors (Lipinski definition) is 2. The zero-order chi connectivity index (χ0) is 13.8. The largest absolute Gasteiger partial charge is 0.399 e. The zero-order valence-corrected chi connectivity index (χ0v) is 11.7. The van der Waals surface area contributed by atoms with Gasteiger partial charge in [-0.2, -0.15) is 5.10 Å². The van der Waals surface area contributed by atoms with Gasteiger partial charge in [-0.1, -0.05) is 6.07 Å². The Hall–Kier alpha value is -1.95. The van der Waals surface area contributed by atoms with E-state index in [0.717, 1.165) is 16.1 Å². The standard InChI is InChI=1S/C13H16N4OS/c1-9-3-4-10(14)5-12(9)16-13(18)8-19-11-6-15-17(2)7-11/h3-7H,8,14H2,1-2H3,(H,16,18). The quantitative estimate of drug-likeness (QED) is 0.662. The van der Waals surface area contributed by atoms with Crippen LogP contribution in [-0.2, 0) is 11.8 Å². The van der Waals surface area contributed by atoms with Crippen molar-refractivity contribution >= 4 is 29.0 Å². The maximum atomic E-state index is 11.9. The summed E-state index contributed by atoms with van der Waals surface area (Å²) in [6.07, 6.45) is 3.62. The van der Waals surface area contributed by atoms with Crippen LogP contribution < -0.4 is 11.1 Å². The minimum atomic E-state index is -0.0532. The predicted octanol–water partition coefficient (Wildman–Crippen LogP) is 2.04. The van der Waals surface area contributed by atoms with Crippen LogP contribution in [0.5, 0.6) is 0 Å². The lowest BCUT2D eigenvalue weighted by Gasteiger charge is -2.08. The number of amides is 1. The summed E-state index contributed by atoms with van der Waals surface area (Å²) in [4.78, 5) is 12.8. The molecule has 3 N–H and O–H groups in total. The Morgan fingerprint density at radius 3 is 3.00 bits per heavy atom. The van der Waals surface area contributed by atoms with E-state index in [0.29, 0.717) is 11.4 Å². The Balaban J connectivity index is 1.92. The van der Waals surface area contributed by atoms with Crippen molar-refractivity contribution in [2.75, 3.05) is 16.8 Å². The van der Waals surface area contributed by atoms with Crippen LogP contribution in [0.4, 0.5) is 11.4 Å². The maximum Gasteiger partial charge on any atom is 0.234 e. The first kappa shape index (κ1) is 13.5. The van der Waals surface area contributed by atoms with Gasteiger partial charge in [0.2, 0.25) is 5.91 Å². The highest BCUT2D eigenvalue weighted by molar-refractivity contribution is 8.00. The molecule has 5 nitrogen and oxygen atoms in total. The number of carbonyl (C=O) groups excluding carboxylic acids is 1. The summed E-state index contributed by atoms with van der Waals surface area (Å²) in [7, 11) is 1.85. The second-order valence-corrected chi connectivity index (χ2v) is 5.31. The van der Waals surface area contributed by atoms with E-state index >= 15 is 0 Å². The molecule has 0 aliphatic heterocycles. The molecule has 0 bridgehead atoms. The second-order valence-electron chi connectivity index (χ2n) is 4.26. The lowest BCUT2D eigenvalue weighted by atomic mass is 10.2. The summed E-state index contributed by atoms with van der Waals surface area (Å²) < 4.78 is 1.71. The van der Waals surface area contributed by atoms with E-state index in [1.54, 1.807) is 16.9 Å². The number of benzene rings is 1. The van der Waals surface area contributed by atoms with E-state index in [4.69, 9.17) is 5.73 Å². The first-order valence-electron chi connectivity index (χ1n) is 5.82. The lowest BCUT2D eigenvalue weighted by molar-refractivity contribution is -0.113. The van der Waals surface area contributed by atoms with E-state index in [-0.39, 0.29) is 5.91 Å². The molecule has 1 aromatic heterocycles. The van der Waals surface area contributed by atoms with Crippen molar-refractivity contribution in [1.82, 2.24) is 9.78 Å². The van der Waals surface area contributed by atoms with Crippen molar-refractivity contribution < 1.29 is 4.79 Å². The Bertz CT molecular complexity index is 594. The smallest absolute Gasteiger partial charge is 0.234 e. The van der Waals surface area contributed by atoms with Gasteiger partial charge in [-0.3, -0.25) is 9.48 Å². The monoisotopic (exact) mass is 276 g/mol. The summed E-state index contributed by atoms with van der Waals surface area (Å²) in [5.74, 6) is 0.294. The molecule has 0 unspecified atom stereocenters. The summed E-state index contributed by atoms with van der Waals surface area (Å²) in [6, 6.07) is 5.47. The third-order valence-corrected chi connectivity index (χ3v) is 3.54. The molecule has 6 heteroatoms. The molecule has 0 radical (unpaired) electrons. The molecule has 2 aromatic rings. The van der Waals surface area contributed by atoms with Gasteiger partial charge in [0.25, 0.3) is 0 Å². The van der Waals surface area contributed by atoms with Gasteiger partial charge in [-0.25, -0.2) is 0 Å². The maximum absolute atomic E-state index is 11.9. The fraction of sp³-hybridized carbons (Fsp3) is 0.231. The highest BCUT2D eigenvalue weighted by Crippen LogP contribution is 2.20. The molecule has 0 fully saturated rings. The van der Waals surface area contributed by atoms with Gasteiger partial charge >= 0.3 is 0 Å². The van der Waals surface area contributed by atoms with Gasteiger partial charge in [-0.15, -0.1) is 11.8 Å². The Morgan fingerprint density at radius 2 is 2.32 bits per heavy atom. The summed E-state index contributed by atoms with van der Waals surface area (Å²) in [5, 5.41) is 6.91. The molecule has 0 saturated heterocycles. The number of nitrogens with zero attached hydrogens (tertiary/aromatic N) is 2. The van der Waals surface area contributed by atoms with Crippen molar-refractivity contribution in [2.45, 2.75) is 11.8 Å². The molecule has 19 heavy (non-hydrogen) atoms. The molecule has 1 heterocycles. The van der Waals surface area contributed by atoms with E-state index in [1.165, 1.54) is 11.8 Å². The molecule has 0 aliphatic rings. The lowest BCUT2D eigenvalue weighted by Crippen LogP contribution is -2.14. The van der Waals surface area contributed by atoms with Crippen LogP contribution in [0.15, 0.2) is 35.5 Å². The zero-order valence-electron chi connectivity index (χ0n) is 10.9. The van der Waals surface area contributed by atoms with Gasteiger partial charge in [0.1, 0.15) is 0 Å². The second kappa shape index (κ2) is 5.79. The molecule has 0 spiro atoms. The predicted molar refractivity (Wildman–Crippen MR) is 78.2 cm³/mol.